The van der Waals surface area contributed by atoms with Crippen LogP contribution in [-0.4, -0.2) is 47.0 Å². The predicted molar refractivity (Wildman–Crippen MR) is 115 cm³/mol. The summed E-state index contributed by atoms with van der Waals surface area (Å²) >= 11 is 1.61. The molecular weight excluding hydrogens is 400 g/mol. The minimum absolute atomic E-state index is 0.102. The van der Waals surface area contributed by atoms with E-state index >= 15 is 0 Å². The molecule has 0 saturated carbocycles. The maximum atomic E-state index is 13.0. The molecule has 8 heteroatoms. The molecule has 1 aliphatic rings. The second-order valence-corrected chi connectivity index (χ2v) is 7.89. The molecule has 0 unspecified atom stereocenters. The maximum Gasteiger partial charge on any atom is 0.290 e. The minimum Gasteiger partial charge on any atom is -0.489 e. The van der Waals surface area contributed by atoms with Gasteiger partial charge in [0.05, 0.1) is 11.6 Å². The lowest BCUT2D eigenvalue weighted by Crippen LogP contribution is -2.49. The summed E-state index contributed by atoms with van der Waals surface area (Å²) in [5.74, 6) is 1.94. The van der Waals surface area contributed by atoms with Gasteiger partial charge < -0.3 is 19.0 Å². The lowest BCUT2D eigenvalue weighted by molar-refractivity contribution is 0.0711. The Morgan fingerprint density at radius 1 is 1.07 bits per heavy atom. The van der Waals surface area contributed by atoms with Gasteiger partial charge in [-0.1, -0.05) is 18.2 Å². The molecule has 0 bridgehead atoms. The maximum absolute atomic E-state index is 13.0. The van der Waals surface area contributed by atoms with E-state index in [1.165, 1.54) is 0 Å². The number of amides is 1. The molecule has 1 amide bonds. The van der Waals surface area contributed by atoms with Crippen molar-refractivity contribution in [3.63, 3.8) is 0 Å². The third-order valence-corrected chi connectivity index (χ3v) is 6.01. The fourth-order valence-electron chi connectivity index (χ4n) is 3.61. The molecule has 4 aromatic rings. The van der Waals surface area contributed by atoms with Crippen LogP contribution in [-0.2, 0) is 6.61 Å². The summed E-state index contributed by atoms with van der Waals surface area (Å²) < 4.78 is 11.3. The number of anilines is 1. The zero-order valence-electron chi connectivity index (χ0n) is 16.2. The van der Waals surface area contributed by atoms with Crippen LogP contribution in [0, 0.1) is 0 Å². The van der Waals surface area contributed by atoms with Crippen molar-refractivity contribution in [2.24, 2.45) is 0 Å². The first-order valence-corrected chi connectivity index (χ1v) is 10.6. The van der Waals surface area contributed by atoms with Gasteiger partial charge in [-0.2, -0.15) is 0 Å². The van der Waals surface area contributed by atoms with E-state index in [2.05, 4.69) is 20.9 Å². The molecule has 0 N–H and O–H groups in total. The second kappa shape index (κ2) is 8.16. The van der Waals surface area contributed by atoms with Crippen LogP contribution < -0.4 is 9.64 Å². The summed E-state index contributed by atoms with van der Waals surface area (Å²) in [7, 11) is 0. The van der Waals surface area contributed by atoms with Crippen LogP contribution in [0.15, 0.2) is 64.9 Å². The van der Waals surface area contributed by atoms with Gasteiger partial charge in [-0.25, -0.2) is 9.97 Å². The van der Waals surface area contributed by atoms with E-state index in [0.717, 1.165) is 27.3 Å². The summed E-state index contributed by atoms with van der Waals surface area (Å²) in [6, 6.07) is 13.4. The molecule has 5 rings (SSSR count). The van der Waals surface area contributed by atoms with Crippen molar-refractivity contribution in [3.05, 3.63) is 71.8 Å². The van der Waals surface area contributed by atoms with E-state index in [-0.39, 0.29) is 5.91 Å². The number of ether oxygens (including phenoxy) is 1. The molecule has 3 aromatic heterocycles. The molecule has 0 aliphatic carbocycles. The van der Waals surface area contributed by atoms with Crippen LogP contribution in [0.3, 0.4) is 0 Å². The van der Waals surface area contributed by atoms with Gasteiger partial charge in [0.2, 0.25) is 0 Å². The van der Waals surface area contributed by atoms with Crippen LogP contribution in [0.25, 0.3) is 10.2 Å². The summed E-state index contributed by atoms with van der Waals surface area (Å²) in [6.45, 7) is 2.93. The molecular formula is C22H20N4O3S. The van der Waals surface area contributed by atoms with Gasteiger partial charge in [-0.3, -0.25) is 4.79 Å². The SMILES string of the molecule is O=C(c1occc1COc1ccccc1)N1CCN(c2ncnc3sccc23)CC1. The van der Waals surface area contributed by atoms with E-state index in [0.29, 0.717) is 38.5 Å². The highest BCUT2D eigenvalue weighted by Crippen LogP contribution is 2.27. The number of thiophene rings is 1. The van der Waals surface area contributed by atoms with Gasteiger partial charge in [0.15, 0.2) is 5.76 Å². The Kier molecular flexibility index (Phi) is 5.06. The van der Waals surface area contributed by atoms with Crippen LogP contribution >= 0.6 is 11.3 Å². The molecule has 1 fully saturated rings. The van der Waals surface area contributed by atoms with E-state index in [1.54, 1.807) is 30.0 Å². The predicted octanol–water partition coefficient (Wildman–Crippen LogP) is 3.83. The largest absolute Gasteiger partial charge is 0.489 e. The Morgan fingerprint density at radius 3 is 2.73 bits per heavy atom. The van der Waals surface area contributed by atoms with E-state index in [9.17, 15) is 4.79 Å². The summed E-state index contributed by atoms with van der Waals surface area (Å²) in [4.78, 5) is 26.8. The highest BCUT2D eigenvalue weighted by atomic mass is 32.1. The Morgan fingerprint density at radius 2 is 1.90 bits per heavy atom. The molecule has 0 atom stereocenters. The second-order valence-electron chi connectivity index (χ2n) is 6.99. The number of carbonyl (C=O) groups is 1. The monoisotopic (exact) mass is 420 g/mol. The number of fused-ring (bicyclic) bond motifs is 1. The smallest absolute Gasteiger partial charge is 0.290 e. The molecule has 30 heavy (non-hydrogen) atoms. The standard InChI is InChI=1S/C22H20N4O3S/c27-22(19-16(6-12-28-19)14-29-17-4-2-1-3-5-17)26-10-8-25(9-11-26)20-18-7-13-30-21(18)24-15-23-20/h1-7,12-13,15H,8-11,14H2. The molecule has 1 saturated heterocycles. The molecule has 1 aliphatic heterocycles. The van der Waals surface area contributed by atoms with Crippen LogP contribution in [0.5, 0.6) is 5.75 Å². The zero-order valence-corrected chi connectivity index (χ0v) is 17.0. The first-order valence-electron chi connectivity index (χ1n) is 9.76. The number of aromatic nitrogens is 2. The Labute approximate surface area is 177 Å². The van der Waals surface area contributed by atoms with Gasteiger partial charge in [0, 0.05) is 31.7 Å². The zero-order chi connectivity index (χ0) is 20.3. The number of rotatable bonds is 5. The summed E-state index contributed by atoms with van der Waals surface area (Å²) in [5, 5.41) is 3.09. The lowest BCUT2D eigenvalue weighted by atomic mass is 10.2. The van der Waals surface area contributed by atoms with Gasteiger partial charge in [0.25, 0.3) is 5.91 Å². The highest BCUT2D eigenvalue weighted by Gasteiger charge is 2.27. The number of nitrogens with zero attached hydrogens (tertiary/aromatic N) is 4. The van der Waals surface area contributed by atoms with Crippen LogP contribution in [0.2, 0.25) is 0 Å². The fraction of sp³-hybridized carbons (Fsp3) is 0.227. The first-order chi connectivity index (χ1) is 14.8. The van der Waals surface area contributed by atoms with Gasteiger partial charge in [0.1, 0.15) is 29.3 Å². The normalized spacial score (nSPS) is 14.3. The van der Waals surface area contributed by atoms with Crippen molar-refractivity contribution in [1.82, 2.24) is 14.9 Å². The highest BCUT2D eigenvalue weighted by molar-refractivity contribution is 7.16. The number of piperazine rings is 1. The van der Waals surface area contributed by atoms with Gasteiger partial charge >= 0.3 is 0 Å². The lowest BCUT2D eigenvalue weighted by Gasteiger charge is -2.35. The van der Waals surface area contributed by atoms with E-state index in [1.807, 2.05) is 40.6 Å². The van der Waals surface area contributed by atoms with Crippen molar-refractivity contribution >= 4 is 33.3 Å². The molecule has 1 aromatic carbocycles. The third-order valence-electron chi connectivity index (χ3n) is 5.19. The summed E-state index contributed by atoms with van der Waals surface area (Å²) in [5.41, 5.74) is 0.752. The van der Waals surface area contributed by atoms with Crippen molar-refractivity contribution in [3.8, 4) is 5.75 Å². The number of benzene rings is 1. The number of para-hydroxylation sites is 1. The van der Waals surface area contributed by atoms with E-state index < -0.39 is 0 Å². The average molecular weight is 420 g/mol. The number of hydrogen-bond donors (Lipinski definition) is 0. The van der Waals surface area contributed by atoms with Gasteiger partial charge in [-0.15, -0.1) is 11.3 Å². The molecule has 7 nitrogen and oxygen atoms in total. The fourth-order valence-corrected chi connectivity index (χ4v) is 4.34. The van der Waals surface area contributed by atoms with Crippen molar-refractivity contribution < 1.29 is 13.9 Å². The number of furan rings is 1. The van der Waals surface area contributed by atoms with Crippen molar-refractivity contribution in [1.29, 1.82) is 0 Å². The topological polar surface area (TPSA) is 71.7 Å². The van der Waals surface area contributed by atoms with Crippen molar-refractivity contribution in [2.75, 3.05) is 31.1 Å². The van der Waals surface area contributed by atoms with Gasteiger partial charge in [-0.05, 0) is 29.6 Å². The van der Waals surface area contributed by atoms with E-state index in [4.69, 9.17) is 9.15 Å². The number of hydrogen-bond acceptors (Lipinski definition) is 7. The molecule has 0 radical (unpaired) electrons. The molecule has 4 heterocycles. The first kappa shape index (κ1) is 18.6. The van der Waals surface area contributed by atoms with Crippen molar-refractivity contribution in [2.45, 2.75) is 6.61 Å². The Balaban J connectivity index is 1.24. The summed E-state index contributed by atoms with van der Waals surface area (Å²) in [6.07, 6.45) is 3.15. The van der Waals surface area contributed by atoms with Crippen LogP contribution in [0.4, 0.5) is 5.82 Å². The quantitative estimate of drug-likeness (QED) is 0.489. The Bertz CT molecular complexity index is 1150. The minimum atomic E-state index is -0.102. The van der Waals surface area contributed by atoms with Crippen LogP contribution in [0.1, 0.15) is 16.1 Å². The molecule has 0 spiro atoms. The third kappa shape index (κ3) is 3.61. The molecule has 152 valence electrons. The Hall–Kier alpha value is -3.39. The number of carbonyl (C=O) groups excluding carboxylic acids is 1. The average Bonchev–Trinajstić information content (AvgIpc) is 3.47.